The molecule has 0 fully saturated rings. The van der Waals surface area contributed by atoms with Gasteiger partial charge in [0.25, 0.3) is 5.91 Å². The maximum Gasteiger partial charge on any atom is 0.271 e. The number of hydrogen-bond acceptors (Lipinski definition) is 9. The number of carbonyl (C=O) groups excluding carboxylic acids is 3. The van der Waals surface area contributed by atoms with Crippen LogP contribution in [0.3, 0.4) is 0 Å². The van der Waals surface area contributed by atoms with Crippen molar-refractivity contribution in [2.24, 2.45) is 10.8 Å². The van der Waals surface area contributed by atoms with Crippen LogP contribution in [0.5, 0.6) is 11.5 Å². The number of fused-ring (bicyclic) bond motifs is 2. The number of carbonyl (C=O) groups is 3. The topological polar surface area (TPSA) is 162 Å². The van der Waals surface area contributed by atoms with Gasteiger partial charge >= 0.3 is 0 Å². The molecule has 0 radical (unpaired) electrons. The van der Waals surface area contributed by atoms with Crippen molar-refractivity contribution < 1.29 is 23.9 Å². The molecule has 2 aliphatic rings. The Hall–Kier alpha value is -6.20. The van der Waals surface area contributed by atoms with Crippen molar-refractivity contribution in [3.63, 3.8) is 0 Å². The fraction of sp³-hybridized carbons (Fsp3) is 0.273. The van der Waals surface area contributed by atoms with Gasteiger partial charge in [-0.15, -0.1) is 0 Å². The van der Waals surface area contributed by atoms with E-state index in [1.807, 2.05) is 42.5 Å². The molecule has 55 heavy (non-hydrogen) atoms. The number of hydrazone groups is 1. The SMILES string of the molecule is CCN1/C(=C\C=N\NC(=O)c2ccccc2)C(C)(C)c2cc(OC)ccc21.CCN1/C(=C\C=O)C(C)(C)c2cc(OC)ccc21.N.NC(=O)c1ccccc1. The molecule has 0 spiro atoms. The third-order valence-corrected chi connectivity index (χ3v) is 9.62. The summed E-state index contributed by atoms with van der Waals surface area (Å²) in [5.41, 5.74) is 15.3. The van der Waals surface area contributed by atoms with E-state index in [0.29, 0.717) is 11.1 Å². The lowest BCUT2D eigenvalue weighted by Crippen LogP contribution is -2.26. The molecule has 0 unspecified atom stereocenters. The Kier molecular flexibility index (Phi) is 15.1. The number of likely N-dealkylation sites (N-methyl/N-ethyl adjacent to an activating group) is 2. The molecule has 290 valence electrons. The van der Waals surface area contributed by atoms with Gasteiger partial charge in [-0.05, 0) is 97.8 Å². The number of rotatable bonds is 9. The highest BCUT2D eigenvalue weighted by molar-refractivity contribution is 5.94. The van der Waals surface area contributed by atoms with E-state index >= 15 is 0 Å². The van der Waals surface area contributed by atoms with E-state index < -0.39 is 0 Å². The van der Waals surface area contributed by atoms with Crippen LogP contribution in [0.25, 0.3) is 0 Å². The van der Waals surface area contributed by atoms with Crippen LogP contribution in [0.15, 0.2) is 126 Å². The molecule has 0 aromatic heterocycles. The quantitative estimate of drug-likeness (QED) is 0.0673. The predicted molar refractivity (Wildman–Crippen MR) is 223 cm³/mol. The smallest absolute Gasteiger partial charge is 0.271 e. The average Bonchev–Trinajstić information content (AvgIpc) is 3.54. The summed E-state index contributed by atoms with van der Waals surface area (Å²) >= 11 is 0. The maximum atomic E-state index is 12.1. The summed E-state index contributed by atoms with van der Waals surface area (Å²) in [6.45, 7) is 14.5. The maximum absolute atomic E-state index is 12.1. The minimum Gasteiger partial charge on any atom is -0.497 e. The molecule has 11 heteroatoms. The van der Waals surface area contributed by atoms with Crippen molar-refractivity contribution in [1.29, 1.82) is 0 Å². The van der Waals surface area contributed by atoms with Crippen LogP contribution in [0.4, 0.5) is 11.4 Å². The third kappa shape index (κ3) is 9.68. The molecule has 0 saturated heterocycles. The van der Waals surface area contributed by atoms with Crippen LogP contribution in [0.1, 0.15) is 73.4 Å². The summed E-state index contributed by atoms with van der Waals surface area (Å²) in [6, 6.07) is 30.0. The van der Waals surface area contributed by atoms with Crippen molar-refractivity contribution >= 4 is 35.7 Å². The van der Waals surface area contributed by atoms with Crippen LogP contribution in [-0.4, -0.2) is 51.6 Å². The number of aldehydes is 1. The zero-order valence-electron chi connectivity index (χ0n) is 33.1. The van der Waals surface area contributed by atoms with Gasteiger partial charge in [0, 0.05) is 64.0 Å². The minimum atomic E-state index is -0.379. The number of benzene rings is 4. The van der Waals surface area contributed by atoms with Crippen molar-refractivity contribution in [3.05, 3.63) is 143 Å². The Bertz CT molecular complexity index is 2020. The van der Waals surface area contributed by atoms with Crippen molar-refractivity contribution in [2.75, 3.05) is 37.1 Å². The van der Waals surface area contributed by atoms with E-state index in [9.17, 15) is 14.4 Å². The van der Waals surface area contributed by atoms with Gasteiger partial charge in [-0.2, -0.15) is 5.10 Å². The number of methoxy groups -OCH3 is 2. The van der Waals surface area contributed by atoms with E-state index in [1.165, 1.54) is 16.8 Å². The summed E-state index contributed by atoms with van der Waals surface area (Å²) in [5, 5.41) is 4.09. The molecule has 6 rings (SSSR count). The summed E-state index contributed by atoms with van der Waals surface area (Å²) < 4.78 is 10.7. The standard InChI is InChI=1S/C22H25N3O2.C15H19NO2.C7H7NO.H3N/c1-5-25-19-12-11-17(27-4)15-18(19)22(2,3)20(25)13-14-23-24-21(26)16-9-7-6-8-10-16;1-5-16-13-7-6-11(18-4)10-12(13)15(2,3)14(16)8-9-17;8-7(9)6-4-2-1-3-5-6;/h6-15H,5H2,1-4H3,(H,24,26);6-10H,5H2,1-4H3;1-5H,(H2,8,9);1H3/b20-13-,23-14+;14-8-;;. The fourth-order valence-electron chi connectivity index (χ4n) is 6.77. The molecule has 2 heterocycles. The summed E-state index contributed by atoms with van der Waals surface area (Å²) in [5.74, 6) is 1.10. The van der Waals surface area contributed by atoms with Gasteiger partial charge in [-0.3, -0.25) is 14.4 Å². The van der Waals surface area contributed by atoms with Crippen molar-refractivity contribution in [2.45, 2.75) is 52.4 Å². The number of anilines is 2. The van der Waals surface area contributed by atoms with Crippen LogP contribution in [0, 0.1) is 0 Å². The molecule has 2 aliphatic heterocycles. The van der Waals surface area contributed by atoms with E-state index in [1.54, 1.807) is 62.9 Å². The van der Waals surface area contributed by atoms with Crippen molar-refractivity contribution in [3.8, 4) is 11.5 Å². The molecule has 0 bridgehead atoms. The lowest BCUT2D eigenvalue weighted by molar-refractivity contribution is -0.104. The Morgan fingerprint density at radius 1 is 0.709 bits per heavy atom. The Morgan fingerprint density at radius 2 is 1.15 bits per heavy atom. The van der Waals surface area contributed by atoms with Crippen LogP contribution < -0.4 is 36.6 Å². The first-order valence-electron chi connectivity index (χ1n) is 17.9. The number of primary amides is 1. The van der Waals surface area contributed by atoms with Gasteiger partial charge in [0.2, 0.25) is 5.91 Å². The summed E-state index contributed by atoms with van der Waals surface area (Å²) in [4.78, 5) is 37.8. The van der Waals surface area contributed by atoms with Crippen molar-refractivity contribution in [1.82, 2.24) is 11.6 Å². The lowest BCUT2D eigenvalue weighted by Gasteiger charge is -2.25. The Balaban J connectivity index is 0.000000249. The first kappa shape index (κ1) is 43.2. The van der Waals surface area contributed by atoms with Crippen LogP contribution in [0.2, 0.25) is 0 Å². The van der Waals surface area contributed by atoms with E-state index in [-0.39, 0.29) is 28.8 Å². The van der Waals surface area contributed by atoms with Gasteiger partial charge in [-0.25, -0.2) is 5.43 Å². The van der Waals surface area contributed by atoms with Gasteiger partial charge < -0.3 is 31.2 Å². The summed E-state index contributed by atoms with van der Waals surface area (Å²) in [7, 11) is 3.35. The molecule has 0 aliphatic carbocycles. The minimum absolute atomic E-state index is 0. The molecular formula is C44H54N6O5. The number of hydrogen-bond donors (Lipinski definition) is 3. The number of nitrogens with two attached hydrogens (primary N) is 1. The van der Waals surface area contributed by atoms with Crippen LogP contribution >= 0.6 is 0 Å². The number of nitrogens with zero attached hydrogens (tertiary/aromatic N) is 3. The van der Waals surface area contributed by atoms with Gasteiger partial charge in [-0.1, -0.05) is 64.1 Å². The average molecular weight is 747 g/mol. The fourth-order valence-corrected chi connectivity index (χ4v) is 6.77. The Labute approximate surface area is 325 Å². The second-order valence-corrected chi connectivity index (χ2v) is 13.6. The Morgan fingerprint density at radius 3 is 1.53 bits per heavy atom. The second-order valence-electron chi connectivity index (χ2n) is 13.6. The van der Waals surface area contributed by atoms with Gasteiger partial charge in [0.1, 0.15) is 17.8 Å². The molecule has 2 amide bonds. The van der Waals surface area contributed by atoms with E-state index in [4.69, 9.17) is 15.2 Å². The normalized spacial score (nSPS) is 15.8. The zero-order chi connectivity index (χ0) is 39.5. The van der Waals surface area contributed by atoms with Gasteiger partial charge in [0.15, 0.2) is 0 Å². The van der Waals surface area contributed by atoms with Crippen LogP contribution in [-0.2, 0) is 15.6 Å². The first-order valence-corrected chi connectivity index (χ1v) is 17.9. The van der Waals surface area contributed by atoms with E-state index in [0.717, 1.165) is 48.0 Å². The highest BCUT2D eigenvalue weighted by Crippen LogP contribution is 2.49. The molecule has 0 saturated carbocycles. The molecule has 4 aromatic carbocycles. The predicted octanol–water partition coefficient (Wildman–Crippen LogP) is 7.96. The zero-order valence-corrected chi connectivity index (χ0v) is 33.1. The summed E-state index contributed by atoms with van der Waals surface area (Å²) in [6.07, 6.45) is 6.13. The highest BCUT2D eigenvalue weighted by Gasteiger charge is 2.40. The highest BCUT2D eigenvalue weighted by atomic mass is 16.5. The molecule has 4 aromatic rings. The van der Waals surface area contributed by atoms with E-state index in [2.05, 4.69) is 86.1 Å². The molecule has 0 atom stereocenters. The number of nitrogens with one attached hydrogen (secondary N) is 1. The third-order valence-electron chi connectivity index (χ3n) is 9.62. The first-order chi connectivity index (χ1) is 25.8. The number of amides is 2. The largest absolute Gasteiger partial charge is 0.497 e. The molecular weight excluding hydrogens is 693 g/mol. The number of allylic oxidation sites excluding steroid dienone is 4. The molecule has 6 N–H and O–H groups in total. The second kappa shape index (κ2) is 19.2. The monoisotopic (exact) mass is 746 g/mol. The number of ether oxygens (including phenoxy) is 2. The molecule has 11 nitrogen and oxygen atoms in total. The van der Waals surface area contributed by atoms with Gasteiger partial charge in [0.05, 0.1) is 14.2 Å². The lowest BCUT2D eigenvalue weighted by atomic mass is 9.83.